The maximum Gasteiger partial charge on any atom is 0.245 e. The molecule has 232 valence electrons. The first-order valence-corrected chi connectivity index (χ1v) is 16.0. The molecular weight excluding hydrogens is 534 g/mol. The van der Waals surface area contributed by atoms with Gasteiger partial charge in [0, 0.05) is 52.2 Å². The van der Waals surface area contributed by atoms with E-state index in [9.17, 15) is 9.59 Å². The molecule has 2 heterocycles. The number of rotatable bonds is 10. The van der Waals surface area contributed by atoms with Crippen molar-refractivity contribution in [3.8, 4) is 0 Å². The molecular formula is C36H51N5O2. The van der Waals surface area contributed by atoms with Gasteiger partial charge in [0.15, 0.2) is 0 Å². The van der Waals surface area contributed by atoms with Crippen LogP contribution in [0.1, 0.15) is 44.7 Å². The van der Waals surface area contributed by atoms with Crippen molar-refractivity contribution in [1.29, 1.82) is 0 Å². The van der Waals surface area contributed by atoms with Crippen molar-refractivity contribution >= 4 is 23.1 Å². The van der Waals surface area contributed by atoms with E-state index in [1.165, 1.54) is 28.3 Å². The largest absolute Gasteiger partial charge is 0.360 e. The first-order chi connectivity index (χ1) is 21.1. The van der Waals surface area contributed by atoms with E-state index in [4.69, 9.17) is 0 Å². The van der Waals surface area contributed by atoms with Gasteiger partial charge in [0.25, 0.3) is 0 Å². The molecule has 2 fully saturated rings. The van der Waals surface area contributed by atoms with Crippen LogP contribution in [0.5, 0.6) is 0 Å². The fraction of sp³-hybridized carbons (Fsp3) is 0.444. The van der Waals surface area contributed by atoms with E-state index in [0.717, 1.165) is 64.5 Å². The van der Waals surface area contributed by atoms with Crippen molar-refractivity contribution in [2.24, 2.45) is 5.92 Å². The molecule has 2 unspecified atom stereocenters. The molecule has 5 rings (SSSR count). The number of amides is 2. The number of carbonyl (C=O) groups is 2. The van der Waals surface area contributed by atoms with E-state index < -0.39 is 0 Å². The van der Waals surface area contributed by atoms with Gasteiger partial charge in [-0.05, 0) is 54.0 Å². The van der Waals surface area contributed by atoms with Crippen LogP contribution in [-0.4, -0.2) is 74.0 Å². The van der Waals surface area contributed by atoms with Crippen molar-refractivity contribution in [3.63, 3.8) is 0 Å². The molecule has 0 saturated carbocycles. The van der Waals surface area contributed by atoms with E-state index in [0.29, 0.717) is 18.7 Å². The van der Waals surface area contributed by atoms with Crippen molar-refractivity contribution in [1.82, 2.24) is 25.8 Å². The van der Waals surface area contributed by atoms with Crippen LogP contribution >= 0.6 is 0 Å². The molecule has 2 saturated heterocycles. The first kappa shape index (κ1) is 33.7. The first-order valence-electron chi connectivity index (χ1n) is 16.0. The van der Waals surface area contributed by atoms with Gasteiger partial charge in [-0.3, -0.25) is 9.59 Å². The summed E-state index contributed by atoms with van der Waals surface area (Å²) in [6.07, 6.45) is 4.59. The zero-order valence-electron chi connectivity index (χ0n) is 26.4. The summed E-state index contributed by atoms with van der Waals surface area (Å²) in [5.74, 6) is 1.55. The van der Waals surface area contributed by atoms with Crippen LogP contribution in [0.4, 0.5) is 0 Å². The summed E-state index contributed by atoms with van der Waals surface area (Å²) in [7, 11) is 0. The molecule has 43 heavy (non-hydrogen) atoms. The summed E-state index contributed by atoms with van der Waals surface area (Å²) in [6, 6.07) is 25.3. The smallest absolute Gasteiger partial charge is 0.245 e. The highest BCUT2D eigenvalue weighted by molar-refractivity contribution is 5.85. The average molecular weight is 586 g/mol. The predicted molar refractivity (Wildman–Crippen MR) is 179 cm³/mol. The molecule has 3 aromatic rings. The maximum atomic E-state index is 14.0. The molecule has 3 N–H and O–H groups in total. The minimum Gasteiger partial charge on any atom is -0.360 e. The van der Waals surface area contributed by atoms with E-state index in [1.54, 1.807) is 0 Å². The molecule has 0 aromatic heterocycles. The Morgan fingerprint density at radius 2 is 1.65 bits per heavy atom. The lowest BCUT2D eigenvalue weighted by molar-refractivity contribution is -0.135. The molecule has 7 nitrogen and oxygen atoms in total. The third kappa shape index (κ3) is 10.7. The van der Waals surface area contributed by atoms with Gasteiger partial charge < -0.3 is 25.8 Å². The third-order valence-corrected chi connectivity index (χ3v) is 7.88. The molecule has 3 aromatic carbocycles. The Bertz CT molecular complexity index is 1260. The summed E-state index contributed by atoms with van der Waals surface area (Å²) in [5, 5.41) is 11.8. The molecule has 0 spiro atoms. The highest BCUT2D eigenvalue weighted by atomic mass is 16.2. The van der Waals surface area contributed by atoms with Gasteiger partial charge in [-0.25, -0.2) is 0 Å². The number of carbonyl (C=O) groups excluding carboxylic acids is 2. The Morgan fingerprint density at radius 3 is 2.33 bits per heavy atom. The molecule has 2 atom stereocenters. The molecule has 7 heteroatoms. The quantitative estimate of drug-likeness (QED) is 0.293. The summed E-state index contributed by atoms with van der Waals surface area (Å²) < 4.78 is 0. The number of piperazine rings is 1. The number of piperidine rings is 1. The molecule has 2 amide bonds. The maximum absolute atomic E-state index is 14.0. The number of nitrogens with zero attached hydrogens (tertiary/aromatic N) is 2. The van der Waals surface area contributed by atoms with Gasteiger partial charge in [-0.15, -0.1) is 0 Å². The minimum atomic E-state index is -0.330. The average Bonchev–Trinajstić information content (AvgIpc) is 3.06. The second-order valence-corrected chi connectivity index (χ2v) is 10.9. The number of hydrogen-bond acceptors (Lipinski definition) is 5. The van der Waals surface area contributed by atoms with Gasteiger partial charge in [-0.1, -0.05) is 93.2 Å². The monoisotopic (exact) mass is 585 g/mol. The van der Waals surface area contributed by atoms with Crippen LogP contribution in [0.2, 0.25) is 0 Å². The molecule has 0 radical (unpaired) electrons. The Kier molecular flexibility index (Phi) is 14.6. The Labute approximate surface area is 258 Å². The summed E-state index contributed by atoms with van der Waals surface area (Å²) in [4.78, 5) is 27.6. The summed E-state index contributed by atoms with van der Waals surface area (Å²) >= 11 is 0. The fourth-order valence-corrected chi connectivity index (χ4v) is 5.71. The van der Waals surface area contributed by atoms with Crippen LogP contribution in [0.3, 0.4) is 0 Å². The second-order valence-electron chi connectivity index (χ2n) is 10.9. The summed E-state index contributed by atoms with van der Waals surface area (Å²) in [6.45, 7) is 16.3. The van der Waals surface area contributed by atoms with Gasteiger partial charge in [0.2, 0.25) is 12.3 Å². The number of nitrogens with one attached hydrogen (secondary N) is 3. The lowest BCUT2D eigenvalue weighted by Crippen LogP contribution is -2.53. The number of fused-ring (bicyclic) bond motifs is 1. The van der Waals surface area contributed by atoms with Crippen LogP contribution in [0, 0.1) is 5.92 Å². The SMILES string of the molecule is C=C(NC(Cc1ccc2ccccc2c1)C(=O)N1CCCC(Cc2ccccc2)C1)N1CCNCC1.CC.CCNC=O. The Hall–Kier alpha value is -3.84. The van der Waals surface area contributed by atoms with Gasteiger partial charge in [-0.2, -0.15) is 0 Å². The lowest BCUT2D eigenvalue weighted by atomic mass is 9.90. The summed E-state index contributed by atoms with van der Waals surface area (Å²) in [5.41, 5.74) is 2.53. The molecule has 0 aliphatic carbocycles. The predicted octanol–water partition coefficient (Wildman–Crippen LogP) is 4.98. The number of hydrogen-bond donors (Lipinski definition) is 3. The van der Waals surface area contributed by atoms with Crippen molar-refractivity contribution in [3.05, 3.63) is 96.3 Å². The minimum absolute atomic E-state index is 0.192. The van der Waals surface area contributed by atoms with Gasteiger partial charge >= 0.3 is 0 Å². The normalized spacial score (nSPS) is 17.0. The van der Waals surface area contributed by atoms with E-state index in [1.807, 2.05) is 20.8 Å². The van der Waals surface area contributed by atoms with E-state index in [-0.39, 0.29) is 11.9 Å². The zero-order valence-corrected chi connectivity index (χ0v) is 26.4. The van der Waals surface area contributed by atoms with Crippen LogP contribution in [0.25, 0.3) is 10.8 Å². The van der Waals surface area contributed by atoms with Crippen LogP contribution in [0.15, 0.2) is 85.2 Å². The molecule has 2 aliphatic rings. The fourth-order valence-electron chi connectivity index (χ4n) is 5.71. The highest BCUT2D eigenvalue weighted by Gasteiger charge is 2.30. The molecule has 2 aliphatic heterocycles. The van der Waals surface area contributed by atoms with Crippen molar-refractivity contribution < 1.29 is 9.59 Å². The van der Waals surface area contributed by atoms with Crippen LogP contribution in [-0.2, 0) is 22.4 Å². The highest BCUT2D eigenvalue weighted by Crippen LogP contribution is 2.23. The van der Waals surface area contributed by atoms with Crippen molar-refractivity contribution in [2.45, 2.75) is 52.5 Å². The lowest BCUT2D eigenvalue weighted by Gasteiger charge is -2.37. The Morgan fingerprint density at radius 1 is 0.953 bits per heavy atom. The van der Waals surface area contributed by atoms with Gasteiger partial charge in [0.05, 0.1) is 5.82 Å². The zero-order chi connectivity index (χ0) is 30.9. The number of likely N-dealkylation sites (tertiary alicyclic amines) is 1. The van der Waals surface area contributed by atoms with E-state index >= 15 is 0 Å². The second kappa shape index (κ2) is 18.6. The Balaban J connectivity index is 0.000000657. The number of benzene rings is 3. The van der Waals surface area contributed by atoms with E-state index in [2.05, 4.69) is 105 Å². The standard InChI is InChI=1S/C31H38N4O.C3H7NO.C2H6/c1-24(34-18-15-32-16-19-34)33-30(22-26-13-14-28-11-5-6-12-29(28)21-26)31(36)35-17-7-10-27(23-35)20-25-8-3-2-4-9-25;1-2-4-3-5;1-2/h2-6,8-9,11-14,21,27,30,32-33H,1,7,10,15-20,22-23H2;3H,2H2,1H3,(H,4,5);1-2H3. The van der Waals surface area contributed by atoms with Gasteiger partial charge in [0.1, 0.15) is 6.04 Å². The van der Waals surface area contributed by atoms with Crippen LogP contribution < -0.4 is 16.0 Å². The van der Waals surface area contributed by atoms with Crippen molar-refractivity contribution in [2.75, 3.05) is 45.8 Å². The topological polar surface area (TPSA) is 76.7 Å². The third-order valence-electron chi connectivity index (χ3n) is 7.88. The molecule has 0 bridgehead atoms.